The van der Waals surface area contributed by atoms with Gasteiger partial charge < -0.3 is 20.3 Å². The first-order valence-electron chi connectivity index (χ1n) is 7.92. The second kappa shape index (κ2) is 7.49. The maximum Gasteiger partial charge on any atom is 0.315 e. The third kappa shape index (κ3) is 5.56. The van der Waals surface area contributed by atoms with Gasteiger partial charge in [-0.3, -0.25) is 0 Å². The molecule has 1 aliphatic heterocycles. The Labute approximate surface area is 133 Å². The van der Waals surface area contributed by atoms with Crippen LogP contribution in [-0.4, -0.2) is 43.9 Å². The highest BCUT2D eigenvalue weighted by Gasteiger charge is 2.21. The van der Waals surface area contributed by atoms with Gasteiger partial charge in [0.15, 0.2) is 0 Å². The van der Waals surface area contributed by atoms with E-state index in [9.17, 15) is 4.79 Å². The van der Waals surface area contributed by atoms with Gasteiger partial charge in [-0.15, -0.1) is 0 Å². The number of para-hydroxylation sites is 1. The van der Waals surface area contributed by atoms with Gasteiger partial charge in [-0.1, -0.05) is 18.2 Å². The Morgan fingerprint density at radius 2 is 2.05 bits per heavy atom. The summed E-state index contributed by atoms with van der Waals surface area (Å²) in [4.78, 5) is 14.0. The highest BCUT2D eigenvalue weighted by Crippen LogP contribution is 2.18. The number of carbonyl (C=O) groups is 1. The van der Waals surface area contributed by atoms with Crippen LogP contribution in [0.1, 0.15) is 27.2 Å². The van der Waals surface area contributed by atoms with Crippen LogP contribution >= 0.6 is 0 Å². The fourth-order valence-electron chi connectivity index (χ4n) is 2.50. The number of ether oxygens (including phenoxy) is 1. The molecule has 0 saturated carbocycles. The molecule has 5 nitrogen and oxygen atoms in total. The van der Waals surface area contributed by atoms with Gasteiger partial charge in [0.25, 0.3) is 0 Å². The number of nitrogens with zero attached hydrogens (tertiary/aromatic N) is 1. The number of benzene rings is 1. The number of carbonyl (C=O) groups excluding carboxylic acids is 1. The zero-order valence-corrected chi connectivity index (χ0v) is 13.8. The minimum atomic E-state index is -0.213. The molecular formula is C17H27N3O2. The normalized spacial score (nSPS) is 18.9. The molecule has 1 aromatic rings. The molecular weight excluding hydrogens is 278 g/mol. The van der Waals surface area contributed by atoms with E-state index in [4.69, 9.17) is 4.74 Å². The second-order valence-corrected chi connectivity index (χ2v) is 6.69. The van der Waals surface area contributed by atoms with Crippen LogP contribution < -0.4 is 15.5 Å². The van der Waals surface area contributed by atoms with Crippen molar-refractivity contribution in [2.75, 3.05) is 31.1 Å². The smallest absolute Gasteiger partial charge is 0.315 e. The molecule has 0 spiro atoms. The average Bonchev–Trinajstić information content (AvgIpc) is 2.47. The molecule has 1 fully saturated rings. The van der Waals surface area contributed by atoms with Crippen LogP contribution in [0.2, 0.25) is 0 Å². The third-order valence-corrected chi connectivity index (χ3v) is 3.50. The van der Waals surface area contributed by atoms with E-state index in [1.807, 2.05) is 26.8 Å². The number of amides is 2. The van der Waals surface area contributed by atoms with Crippen molar-refractivity contribution in [3.63, 3.8) is 0 Å². The first-order valence-corrected chi connectivity index (χ1v) is 7.92. The molecule has 1 heterocycles. The second-order valence-electron chi connectivity index (χ2n) is 6.69. The largest absolute Gasteiger partial charge is 0.374 e. The summed E-state index contributed by atoms with van der Waals surface area (Å²) in [6.07, 6.45) is 0.977. The van der Waals surface area contributed by atoms with Crippen molar-refractivity contribution in [2.24, 2.45) is 0 Å². The molecule has 0 bridgehead atoms. The van der Waals surface area contributed by atoms with Crippen molar-refractivity contribution in [3.05, 3.63) is 30.3 Å². The Kier molecular flexibility index (Phi) is 5.66. The van der Waals surface area contributed by atoms with E-state index in [0.29, 0.717) is 6.54 Å². The van der Waals surface area contributed by atoms with E-state index in [2.05, 4.69) is 39.8 Å². The van der Waals surface area contributed by atoms with E-state index in [1.165, 1.54) is 5.69 Å². The average molecular weight is 305 g/mol. The monoisotopic (exact) mass is 305 g/mol. The fraction of sp³-hybridized carbons (Fsp3) is 0.588. The van der Waals surface area contributed by atoms with Gasteiger partial charge in [0.05, 0.1) is 12.7 Å². The minimum Gasteiger partial charge on any atom is -0.374 e. The fourth-order valence-corrected chi connectivity index (χ4v) is 2.50. The van der Waals surface area contributed by atoms with Crippen molar-refractivity contribution >= 4 is 11.7 Å². The summed E-state index contributed by atoms with van der Waals surface area (Å²) in [5.74, 6) is 0. The Balaban J connectivity index is 1.73. The number of anilines is 1. The standard InChI is InChI=1S/C17H27N3O2/c1-17(2,3)19-16(21)18-10-9-15-13-20(11-12-22-15)14-7-5-4-6-8-14/h4-8,15H,9-13H2,1-3H3,(H2,18,19,21). The number of hydrogen-bond donors (Lipinski definition) is 2. The summed E-state index contributed by atoms with van der Waals surface area (Å²) < 4.78 is 5.80. The first kappa shape index (κ1) is 16.6. The molecule has 2 amide bonds. The summed E-state index contributed by atoms with van der Waals surface area (Å²) in [5.41, 5.74) is 1.02. The van der Waals surface area contributed by atoms with E-state index < -0.39 is 0 Å². The van der Waals surface area contributed by atoms with Crippen molar-refractivity contribution < 1.29 is 9.53 Å². The van der Waals surface area contributed by atoms with Crippen LogP contribution in [0.5, 0.6) is 0 Å². The maximum absolute atomic E-state index is 11.7. The molecule has 1 aliphatic rings. The number of hydrogen-bond acceptors (Lipinski definition) is 3. The van der Waals surface area contributed by atoms with Crippen LogP contribution in [0.3, 0.4) is 0 Å². The molecule has 1 saturated heterocycles. The quantitative estimate of drug-likeness (QED) is 0.898. The minimum absolute atomic E-state index is 0.122. The maximum atomic E-state index is 11.7. The lowest BCUT2D eigenvalue weighted by atomic mass is 10.1. The predicted molar refractivity (Wildman–Crippen MR) is 89.3 cm³/mol. The van der Waals surface area contributed by atoms with Gasteiger partial charge in [0.1, 0.15) is 0 Å². The van der Waals surface area contributed by atoms with E-state index >= 15 is 0 Å². The molecule has 1 unspecified atom stereocenters. The summed E-state index contributed by atoms with van der Waals surface area (Å²) in [6, 6.07) is 10.3. The molecule has 1 aromatic carbocycles. The highest BCUT2D eigenvalue weighted by molar-refractivity contribution is 5.74. The summed E-state index contributed by atoms with van der Waals surface area (Å²) in [7, 11) is 0. The lowest BCUT2D eigenvalue weighted by Crippen LogP contribution is -2.48. The van der Waals surface area contributed by atoms with Crippen molar-refractivity contribution in [1.82, 2.24) is 10.6 Å². The van der Waals surface area contributed by atoms with Gasteiger partial charge in [-0.05, 0) is 39.3 Å². The van der Waals surface area contributed by atoms with Crippen LogP contribution in [-0.2, 0) is 4.74 Å². The van der Waals surface area contributed by atoms with Crippen LogP contribution in [0.4, 0.5) is 10.5 Å². The Morgan fingerprint density at radius 3 is 2.73 bits per heavy atom. The van der Waals surface area contributed by atoms with E-state index in [0.717, 1.165) is 26.1 Å². The van der Waals surface area contributed by atoms with Crippen LogP contribution in [0.25, 0.3) is 0 Å². The molecule has 0 aromatic heterocycles. The van der Waals surface area contributed by atoms with Crippen LogP contribution in [0.15, 0.2) is 30.3 Å². The summed E-state index contributed by atoms with van der Waals surface area (Å²) in [5, 5.41) is 5.78. The highest BCUT2D eigenvalue weighted by atomic mass is 16.5. The summed E-state index contributed by atoms with van der Waals surface area (Å²) >= 11 is 0. The molecule has 2 rings (SSSR count). The molecule has 0 aliphatic carbocycles. The van der Waals surface area contributed by atoms with Gasteiger partial charge >= 0.3 is 6.03 Å². The van der Waals surface area contributed by atoms with Crippen molar-refractivity contribution in [2.45, 2.75) is 38.8 Å². The number of urea groups is 1. The SMILES string of the molecule is CC(C)(C)NC(=O)NCCC1CN(c2ccccc2)CCO1. The molecule has 0 radical (unpaired) electrons. The zero-order valence-electron chi connectivity index (χ0n) is 13.8. The van der Waals surface area contributed by atoms with Gasteiger partial charge in [0.2, 0.25) is 0 Å². The zero-order chi connectivity index (χ0) is 16.0. The van der Waals surface area contributed by atoms with Crippen LogP contribution in [0, 0.1) is 0 Å². The molecule has 2 N–H and O–H groups in total. The molecule has 122 valence electrons. The van der Waals surface area contributed by atoms with Gasteiger partial charge in [0, 0.05) is 30.9 Å². The molecule has 22 heavy (non-hydrogen) atoms. The van der Waals surface area contributed by atoms with Gasteiger partial charge in [-0.25, -0.2) is 4.79 Å². The predicted octanol–water partition coefficient (Wildman–Crippen LogP) is 2.38. The van der Waals surface area contributed by atoms with Crippen molar-refractivity contribution in [3.8, 4) is 0 Å². The first-order chi connectivity index (χ1) is 10.4. The topological polar surface area (TPSA) is 53.6 Å². The Bertz CT molecular complexity index is 471. The van der Waals surface area contributed by atoms with E-state index in [-0.39, 0.29) is 17.7 Å². The summed E-state index contributed by atoms with van der Waals surface area (Å²) in [6.45, 7) is 9.03. The van der Waals surface area contributed by atoms with E-state index in [1.54, 1.807) is 0 Å². The number of rotatable bonds is 4. The van der Waals surface area contributed by atoms with Gasteiger partial charge in [-0.2, -0.15) is 0 Å². The Hall–Kier alpha value is -1.75. The Morgan fingerprint density at radius 1 is 1.32 bits per heavy atom. The lowest BCUT2D eigenvalue weighted by molar-refractivity contribution is 0.0359. The number of morpholine rings is 1. The molecule has 5 heteroatoms. The molecule has 1 atom stereocenters. The van der Waals surface area contributed by atoms with Crippen molar-refractivity contribution in [1.29, 1.82) is 0 Å². The lowest BCUT2D eigenvalue weighted by Gasteiger charge is -2.34. The third-order valence-electron chi connectivity index (χ3n) is 3.50. The number of nitrogens with one attached hydrogen (secondary N) is 2.